The summed E-state index contributed by atoms with van der Waals surface area (Å²) in [5, 5.41) is 14.0. The minimum atomic E-state index is -4.08. The molecule has 0 radical (unpaired) electrons. The number of hydrogen-bond donors (Lipinski definition) is 2. The summed E-state index contributed by atoms with van der Waals surface area (Å²) in [5.74, 6) is -0.720. The maximum absolute atomic E-state index is 10.2. The molecule has 0 saturated carbocycles. The number of aliphatic hydroxyl groups is 1. The van der Waals surface area contributed by atoms with Gasteiger partial charge < -0.3 is 10.2 Å². The van der Waals surface area contributed by atoms with Crippen molar-refractivity contribution in [1.82, 2.24) is 0 Å². The van der Waals surface area contributed by atoms with E-state index in [1.807, 2.05) is 0 Å². The molecule has 5 nitrogen and oxygen atoms in total. The lowest BCUT2D eigenvalue weighted by atomic mass is 10.9. The summed E-state index contributed by atoms with van der Waals surface area (Å²) in [7, 11) is -4.08. The van der Waals surface area contributed by atoms with Gasteiger partial charge in [-0.15, -0.1) is 0 Å². The van der Waals surface area contributed by atoms with Gasteiger partial charge in [-0.1, -0.05) is 0 Å². The van der Waals surface area contributed by atoms with E-state index in [9.17, 15) is 13.2 Å². The van der Waals surface area contributed by atoms with Crippen LogP contribution in [0.15, 0.2) is 0 Å². The summed E-state index contributed by atoms with van der Waals surface area (Å²) in [4.78, 5) is 9.71. The lowest BCUT2D eigenvalue weighted by Crippen LogP contribution is -2.17. The third-order valence-corrected chi connectivity index (χ3v) is 1.88. The first-order valence-electron chi connectivity index (χ1n) is 2.07. The molecule has 2 N–H and O–H groups in total. The molecule has 0 atom stereocenters. The fourth-order valence-electron chi connectivity index (χ4n) is 0.207. The minimum absolute atomic E-state index is 0.658. The van der Waals surface area contributed by atoms with E-state index in [1.165, 1.54) is 0 Å². The third-order valence-electron chi connectivity index (χ3n) is 0.626. The van der Waals surface area contributed by atoms with E-state index < -0.39 is 27.5 Å². The van der Waals surface area contributed by atoms with Crippen LogP contribution in [0.3, 0.4) is 0 Å². The lowest BCUT2D eigenvalue weighted by molar-refractivity contribution is 0.218. The predicted octanol–water partition coefficient (Wildman–Crippen LogP) is -0.929. The first kappa shape index (κ1) is 8.38. The van der Waals surface area contributed by atoms with Crippen LogP contribution in [0.25, 0.3) is 0 Å². The summed E-state index contributed by atoms with van der Waals surface area (Å²) in [6.07, 6.45) is 0. The summed E-state index contributed by atoms with van der Waals surface area (Å²) in [5.41, 5.74) is 0. The summed E-state index contributed by atoms with van der Waals surface area (Å²) in [6, 6.07) is 0. The number of hydrogen-bond acceptors (Lipinski definition) is 4. The molecular weight excluding hydrogens is 148 g/mol. The molecule has 0 bridgehead atoms. The molecule has 0 heterocycles. The quantitative estimate of drug-likeness (QED) is 0.536. The Morgan fingerprint density at radius 1 is 1.44 bits per heavy atom. The number of carboxylic acid groups (broad SMARTS) is 1. The highest BCUT2D eigenvalue weighted by Gasteiger charge is 2.18. The normalized spacial score (nSPS) is 11.2. The Balaban J connectivity index is 4.23. The molecule has 0 saturated heterocycles. The molecule has 0 aliphatic heterocycles. The van der Waals surface area contributed by atoms with E-state index in [0.29, 0.717) is 0 Å². The number of aliphatic hydroxyl groups excluding tert-OH is 1. The van der Waals surface area contributed by atoms with Gasteiger partial charge in [0.05, 0.1) is 12.4 Å². The Morgan fingerprint density at radius 3 is 2.00 bits per heavy atom. The second kappa shape index (κ2) is 2.79. The highest BCUT2D eigenvalue weighted by atomic mass is 32.2. The predicted molar refractivity (Wildman–Crippen MR) is 28.9 cm³/mol. The van der Waals surface area contributed by atoms with Crippen molar-refractivity contribution in [3.8, 4) is 0 Å². The van der Waals surface area contributed by atoms with Crippen molar-refractivity contribution < 1.29 is 23.4 Å². The van der Waals surface area contributed by atoms with Gasteiger partial charge in [-0.25, -0.2) is 13.2 Å². The first-order valence-corrected chi connectivity index (χ1v) is 3.72. The van der Waals surface area contributed by atoms with Crippen molar-refractivity contribution in [2.45, 2.75) is 0 Å². The van der Waals surface area contributed by atoms with Gasteiger partial charge in [0.15, 0.2) is 0 Å². The van der Waals surface area contributed by atoms with Gasteiger partial charge in [-0.3, -0.25) is 0 Å². The maximum Gasteiger partial charge on any atom is 0.422 e. The van der Waals surface area contributed by atoms with Crippen LogP contribution in [0.5, 0.6) is 0 Å². The van der Waals surface area contributed by atoms with Crippen molar-refractivity contribution in [1.29, 1.82) is 0 Å². The second-order valence-electron chi connectivity index (χ2n) is 1.31. The first-order chi connectivity index (χ1) is 4.00. The zero-order chi connectivity index (χ0) is 7.49. The van der Waals surface area contributed by atoms with E-state index in [4.69, 9.17) is 10.2 Å². The largest absolute Gasteiger partial charge is 0.470 e. The Labute approximate surface area is 51.8 Å². The van der Waals surface area contributed by atoms with E-state index in [2.05, 4.69) is 0 Å². The number of rotatable bonds is 2. The fourth-order valence-corrected chi connectivity index (χ4v) is 0.622. The molecule has 0 aromatic heterocycles. The average molecular weight is 154 g/mol. The Bertz CT molecular complexity index is 190. The van der Waals surface area contributed by atoms with Crippen molar-refractivity contribution in [3.63, 3.8) is 0 Å². The van der Waals surface area contributed by atoms with Crippen LogP contribution < -0.4 is 0 Å². The van der Waals surface area contributed by atoms with Gasteiger partial charge in [-0.2, -0.15) is 0 Å². The molecule has 0 amide bonds. The molecule has 0 aliphatic carbocycles. The molecular formula is C3H6O5S. The molecule has 0 unspecified atom stereocenters. The average Bonchev–Trinajstić information content (AvgIpc) is 1.65. The lowest BCUT2D eigenvalue weighted by Gasteiger charge is -1.91. The van der Waals surface area contributed by atoms with Gasteiger partial charge in [0, 0.05) is 0 Å². The highest BCUT2D eigenvalue weighted by Crippen LogP contribution is 1.88. The maximum atomic E-state index is 10.2. The van der Waals surface area contributed by atoms with E-state index in [0.717, 1.165) is 0 Å². The van der Waals surface area contributed by atoms with Crippen LogP contribution in [0, 0.1) is 0 Å². The molecule has 9 heavy (non-hydrogen) atoms. The van der Waals surface area contributed by atoms with E-state index in [-0.39, 0.29) is 0 Å². The number of sulfone groups is 1. The van der Waals surface area contributed by atoms with E-state index in [1.54, 1.807) is 0 Å². The molecule has 6 heteroatoms. The van der Waals surface area contributed by atoms with Crippen LogP contribution >= 0.6 is 0 Å². The molecule has 54 valence electrons. The van der Waals surface area contributed by atoms with Gasteiger partial charge in [0.1, 0.15) is 0 Å². The molecule has 0 aliphatic rings. The topological polar surface area (TPSA) is 91.7 Å². The van der Waals surface area contributed by atoms with Gasteiger partial charge in [-0.05, 0) is 0 Å². The number of carbonyl (C=O) groups is 1. The highest BCUT2D eigenvalue weighted by molar-refractivity contribution is 8.05. The van der Waals surface area contributed by atoms with Crippen LogP contribution in [-0.2, 0) is 9.84 Å². The smallest absolute Gasteiger partial charge is 0.422 e. The molecule has 0 spiro atoms. The van der Waals surface area contributed by atoms with Crippen molar-refractivity contribution in [3.05, 3.63) is 0 Å². The standard InChI is InChI=1S/C3H6O5S/c4-1-2-9(7,8)3(5)6/h4H,1-2H2,(H,5,6). The van der Waals surface area contributed by atoms with Crippen LogP contribution in [0.4, 0.5) is 4.79 Å². The zero-order valence-electron chi connectivity index (χ0n) is 4.44. The van der Waals surface area contributed by atoms with E-state index >= 15 is 0 Å². The summed E-state index contributed by atoms with van der Waals surface area (Å²) < 4.78 is 20.3. The van der Waals surface area contributed by atoms with Gasteiger partial charge in [0.2, 0.25) is 0 Å². The van der Waals surface area contributed by atoms with Crippen LogP contribution in [0.2, 0.25) is 0 Å². The van der Waals surface area contributed by atoms with Gasteiger partial charge in [0.25, 0.3) is 9.84 Å². The Morgan fingerprint density at radius 2 is 1.89 bits per heavy atom. The minimum Gasteiger partial charge on any atom is -0.470 e. The van der Waals surface area contributed by atoms with Crippen LogP contribution in [0.1, 0.15) is 0 Å². The molecule has 0 aromatic rings. The second-order valence-corrected chi connectivity index (χ2v) is 3.30. The van der Waals surface area contributed by atoms with Crippen molar-refractivity contribution in [2.24, 2.45) is 0 Å². The van der Waals surface area contributed by atoms with Crippen molar-refractivity contribution in [2.75, 3.05) is 12.4 Å². The zero-order valence-corrected chi connectivity index (χ0v) is 5.26. The van der Waals surface area contributed by atoms with Crippen molar-refractivity contribution >= 4 is 15.1 Å². The summed E-state index contributed by atoms with van der Waals surface area (Å²) >= 11 is 0. The SMILES string of the molecule is O=C(O)S(=O)(=O)CCO. The van der Waals surface area contributed by atoms with Crippen LogP contribution in [-0.4, -0.2) is 36.3 Å². The van der Waals surface area contributed by atoms with Gasteiger partial charge >= 0.3 is 5.30 Å². The molecule has 0 rings (SSSR count). The monoisotopic (exact) mass is 154 g/mol. The summed E-state index contributed by atoms with van der Waals surface area (Å²) in [6.45, 7) is -0.658. The fraction of sp³-hybridized carbons (Fsp3) is 0.667. The Hall–Kier alpha value is -0.620. The molecule has 0 aromatic carbocycles. The third kappa shape index (κ3) is 2.43. The Kier molecular flexibility index (Phi) is 2.60. The molecule has 0 fully saturated rings.